The van der Waals surface area contributed by atoms with Crippen LogP contribution in [0.5, 0.6) is 11.5 Å². The van der Waals surface area contributed by atoms with E-state index < -0.39 is 5.97 Å². The average Bonchev–Trinajstić information content (AvgIpc) is 2.83. The number of hydrogen-bond donors (Lipinski definition) is 2. The van der Waals surface area contributed by atoms with Gasteiger partial charge in [-0.2, -0.15) is 0 Å². The topological polar surface area (TPSA) is 66.8 Å². The van der Waals surface area contributed by atoms with Gasteiger partial charge in [0.2, 0.25) is 0 Å². The Labute approximate surface area is 121 Å². The molecule has 1 aliphatic heterocycles. The molecule has 0 fully saturated rings. The Balaban J connectivity index is 1.98. The first-order valence-electron chi connectivity index (χ1n) is 6.36. The van der Waals surface area contributed by atoms with Crippen LogP contribution in [0, 0.1) is 0 Å². The zero-order valence-electron chi connectivity index (χ0n) is 11.0. The van der Waals surface area contributed by atoms with Gasteiger partial charge in [0.15, 0.2) is 0 Å². The maximum atomic E-state index is 11.5. The fourth-order valence-electron chi connectivity index (χ4n) is 2.08. The summed E-state index contributed by atoms with van der Waals surface area (Å²) in [5.74, 6) is 0.350. The second-order valence-corrected chi connectivity index (χ2v) is 4.63. The minimum atomic E-state index is -0.428. The van der Waals surface area contributed by atoms with Crippen LogP contribution in [0.4, 0.5) is 0 Å². The molecular weight excluding hydrogens is 268 g/mol. The Morgan fingerprint density at radius 1 is 0.857 bits per heavy atom. The summed E-state index contributed by atoms with van der Waals surface area (Å²) in [6.07, 6.45) is 3.14. The predicted molar refractivity (Wildman–Crippen MR) is 78.3 cm³/mol. The van der Waals surface area contributed by atoms with Gasteiger partial charge in [-0.05, 0) is 41.5 Å². The third kappa shape index (κ3) is 2.79. The van der Waals surface area contributed by atoms with Crippen LogP contribution in [0.2, 0.25) is 0 Å². The number of carbonyl (C=O) groups excluding carboxylic acids is 1. The number of cyclic esters (lactones) is 1. The Hall–Kier alpha value is -3.01. The lowest BCUT2D eigenvalue weighted by atomic mass is 10.0. The molecule has 0 saturated heterocycles. The van der Waals surface area contributed by atoms with Crippen molar-refractivity contribution in [1.29, 1.82) is 0 Å². The summed E-state index contributed by atoms with van der Waals surface area (Å²) in [4.78, 5) is 11.5. The van der Waals surface area contributed by atoms with Crippen molar-refractivity contribution in [2.75, 3.05) is 0 Å². The van der Waals surface area contributed by atoms with E-state index in [4.69, 9.17) is 4.74 Å². The molecule has 0 amide bonds. The first-order valence-corrected chi connectivity index (χ1v) is 6.36. The van der Waals surface area contributed by atoms with E-state index in [1.807, 2.05) is 0 Å². The molecule has 2 aromatic carbocycles. The van der Waals surface area contributed by atoms with Crippen LogP contribution < -0.4 is 0 Å². The summed E-state index contributed by atoms with van der Waals surface area (Å²) in [5.41, 5.74) is 2.25. The quantitative estimate of drug-likeness (QED) is 0.830. The lowest BCUT2D eigenvalue weighted by molar-refractivity contribution is -0.132. The highest BCUT2D eigenvalue weighted by molar-refractivity contribution is 6.03. The molecule has 21 heavy (non-hydrogen) atoms. The Kier molecular flexibility index (Phi) is 3.20. The second kappa shape index (κ2) is 5.17. The number of hydrogen-bond acceptors (Lipinski definition) is 4. The fourth-order valence-corrected chi connectivity index (χ4v) is 2.08. The molecule has 0 aromatic heterocycles. The monoisotopic (exact) mass is 280 g/mol. The molecule has 104 valence electrons. The van der Waals surface area contributed by atoms with Gasteiger partial charge in [-0.15, -0.1) is 0 Å². The van der Waals surface area contributed by atoms with E-state index in [9.17, 15) is 15.0 Å². The van der Waals surface area contributed by atoms with Gasteiger partial charge in [0.1, 0.15) is 17.3 Å². The summed E-state index contributed by atoms with van der Waals surface area (Å²) in [5, 5.41) is 18.6. The number of esters is 1. The molecule has 3 rings (SSSR count). The number of allylic oxidation sites excluding steroid dienone is 1. The van der Waals surface area contributed by atoms with Crippen LogP contribution in [0.15, 0.2) is 60.4 Å². The van der Waals surface area contributed by atoms with Crippen LogP contribution in [-0.2, 0) is 9.53 Å². The fraction of sp³-hybridized carbons (Fsp3) is 0. The molecule has 0 bridgehead atoms. The lowest BCUT2D eigenvalue weighted by Crippen LogP contribution is -1.91. The van der Waals surface area contributed by atoms with E-state index in [0.717, 1.165) is 11.1 Å². The van der Waals surface area contributed by atoms with Gasteiger partial charge < -0.3 is 14.9 Å². The summed E-state index contributed by atoms with van der Waals surface area (Å²) < 4.78 is 5.20. The number of rotatable bonds is 2. The summed E-state index contributed by atoms with van der Waals surface area (Å²) in [7, 11) is 0. The van der Waals surface area contributed by atoms with E-state index in [0.29, 0.717) is 11.3 Å². The minimum absolute atomic E-state index is 0.161. The number of phenolic OH excluding ortho intramolecular Hbond substituents is 2. The van der Waals surface area contributed by atoms with Crippen molar-refractivity contribution in [1.82, 2.24) is 0 Å². The second-order valence-electron chi connectivity index (χ2n) is 4.63. The van der Waals surface area contributed by atoms with E-state index in [1.54, 1.807) is 54.6 Å². The van der Waals surface area contributed by atoms with Crippen LogP contribution >= 0.6 is 0 Å². The summed E-state index contributed by atoms with van der Waals surface area (Å²) in [6.45, 7) is 0. The van der Waals surface area contributed by atoms with Crippen LogP contribution in [0.1, 0.15) is 11.1 Å². The Morgan fingerprint density at radius 2 is 1.43 bits per heavy atom. The minimum Gasteiger partial charge on any atom is -0.508 e. The smallest absolute Gasteiger partial charge is 0.336 e. The van der Waals surface area contributed by atoms with Crippen molar-refractivity contribution in [3.05, 3.63) is 71.5 Å². The van der Waals surface area contributed by atoms with E-state index in [-0.39, 0.29) is 11.5 Å². The third-order valence-electron chi connectivity index (χ3n) is 3.11. The normalized spacial score (nSPS) is 15.9. The molecule has 0 radical (unpaired) electrons. The molecule has 1 aliphatic rings. The predicted octanol–water partition coefficient (Wildman–Crippen LogP) is 3.08. The van der Waals surface area contributed by atoms with Crippen molar-refractivity contribution in [2.24, 2.45) is 0 Å². The average molecular weight is 280 g/mol. The van der Waals surface area contributed by atoms with Gasteiger partial charge in [0.05, 0.1) is 0 Å². The Morgan fingerprint density at radius 3 is 2.05 bits per heavy atom. The first kappa shape index (κ1) is 13.0. The molecule has 2 aromatic rings. The van der Waals surface area contributed by atoms with Crippen molar-refractivity contribution in [2.45, 2.75) is 0 Å². The van der Waals surface area contributed by atoms with Gasteiger partial charge >= 0.3 is 5.97 Å². The van der Waals surface area contributed by atoms with Gasteiger partial charge in [0, 0.05) is 11.6 Å². The van der Waals surface area contributed by atoms with Gasteiger partial charge in [0.25, 0.3) is 0 Å². The number of benzene rings is 2. The third-order valence-corrected chi connectivity index (χ3v) is 3.11. The Bertz CT molecular complexity index is 737. The lowest BCUT2D eigenvalue weighted by Gasteiger charge is -2.05. The van der Waals surface area contributed by atoms with E-state index >= 15 is 0 Å². The highest BCUT2D eigenvalue weighted by Gasteiger charge is 2.21. The van der Waals surface area contributed by atoms with Crippen molar-refractivity contribution >= 4 is 17.6 Å². The SMILES string of the molecule is O=C1C=C(c2ccc(O)cc2)C(=Cc2ccc(O)cc2)O1. The molecule has 0 spiro atoms. The first-order chi connectivity index (χ1) is 10.1. The molecule has 0 aliphatic carbocycles. The molecule has 2 N–H and O–H groups in total. The molecule has 0 unspecified atom stereocenters. The van der Waals surface area contributed by atoms with Crippen molar-refractivity contribution < 1.29 is 19.7 Å². The number of ether oxygens (including phenoxy) is 1. The highest BCUT2D eigenvalue weighted by atomic mass is 16.5. The molecule has 0 saturated carbocycles. The molecule has 4 nitrogen and oxygen atoms in total. The zero-order valence-corrected chi connectivity index (χ0v) is 11.0. The largest absolute Gasteiger partial charge is 0.508 e. The number of phenols is 2. The van der Waals surface area contributed by atoms with Gasteiger partial charge in [-0.3, -0.25) is 0 Å². The van der Waals surface area contributed by atoms with Crippen LogP contribution in [0.3, 0.4) is 0 Å². The molecule has 1 heterocycles. The standard InChI is InChI=1S/C17H12O4/c18-13-5-1-11(2-6-13)9-16-15(10-17(20)21-16)12-3-7-14(19)8-4-12/h1-10,18-19H. The van der Waals surface area contributed by atoms with E-state index in [1.165, 1.54) is 6.08 Å². The summed E-state index contributed by atoms with van der Waals surface area (Å²) in [6, 6.07) is 13.1. The summed E-state index contributed by atoms with van der Waals surface area (Å²) >= 11 is 0. The van der Waals surface area contributed by atoms with Crippen LogP contribution in [-0.4, -0.2) is 16.2 Å². The molecular formula is C17H12O4. The number of aromatic hydroxyl groups is 2. The van der Waals surface area contributed by atoms with Crippen LogP contribution in [0.25, 0.3) is 11.6 Å². The number of carbonyl (C=O) groups is 1. The maximum Gasteiger partial charge on any atom is 0.336 e. The maximum absolute atomic E-state index is 11.5. The highest BCUT2D eigenvalue weighted by Crippen LogP contribution is 2.32. The van der Waals surface area contributed by atoms with Gasteiger partial charge in [-0.1, -0.05) is 24.3 Å². The van der Waals surface area contributed by atoms with E-state index in [2.05, 4.69) is 0 Å². The van der Waals surface area contributed by atoms with Gasteiger partial charge in [-0.25, -0.2) is 4.79 Å². The molecule has 0 atom stereocenters. The van der Waals surface area contributed by atoms with Crippen molar-refractivity contribution in [3.63, 3.8) is 0 Å². The molecule has 4 heteroatoms. The zero-order chi connectivity index (χ0) is 14.8. The van der Waals surface area contributed by atoms with Crippen molar-refractivity contribution in [3.8, 4) is 11.5 Å².